The molecule has 0 aromatic heterocycles. The first-order valence-corrected chi connectivity index (χ1v) is 11.6. The average molecular weight is 482 g/mol. The fraction of sp³-hybridized carbons (Fsp3) is 0.407. The quantitative estimate of drug-likeness (QED) is 0.230. The van der Waals surface area contributed by atoms with Crippen LogP contribution in [-0.4, -0.2) is 47.7 Å². The highest BCUT2D eigenvalue weighted by Gasteiger charge is 2.37. The Morgan fingerprint density at radius 2 is 1.57 bits per heavy atom. The summed E-state index contributed by atoms with van der Waals surface area (Å²) in [6.45, 7) is 6.14. The number of amides is 1. The number of alkyl carbamates (subject to hydrolysis) is 1. The van der Waals surface area contributed by atoms with E-state index in [1.165, 1.54) is 13.8 Å². The van der Waals surface area contributed by atoms with E-state index in [1.807, 2.05) is 62.4 Å². The number of carbonyl (C=O) groups excluding carboxylic acids is 4. The molecule has 186 valence electrons. The standard InChI is InChI=1S/C27H31NO7/c1-16(2)13-23(24(30)21(14-29)25(31)35-27(3,4)33)28-26(32)34-15-22-19-11-7-5-9-17(19)18-10-6-8-12-20(18)22/h5-12,14,16,21-23,33H,13,15H2,1-4H3,(H,28,32)/t21?,23-/m0/s1. The number of nitrogens with one attached hydrogen (secondary N) is 1. The largest absolute Gasteiger partial charge is 0.449 e. The van der Waals surface area contributed by atoms with Gasteiger partial charge in [0, 0.05) is 19.8 Å². The topological polar surface area (TPSA) is 119 Å². The van der Waals surface area contributed by atoms with Gasteiger partial charge in [0.15, 0.2) is 11.7 Å². The van der Waals surface area contributed by atoms with Gasteiger partial charge >= 0.3 is 12.1 Å². The molecule has 0 bridgehead atoms. The van der Waals surface area contributed by atoms with E-state index >= 15 is 0 Å². The van der Waals surface area contributed by atoms with Gasteiger partial charge in [-0.2, -0.15) is 0 Å². The van der Waals surface area contributed by atoms with Crippen molar-refractivity contribution in [2.75, 3.05) is 6.61 Å². The minimum Gasteiger partial charge on any atom is -0.449 e. The van der Waals surface area contributed by atoms with Crippen LogP contribution in [0.1, 0.15) is 51.2 Å². The Kier molecular flexibility index (Phi) is 8.07. The van der Waals surface area contributed by atoms with Crippen LogP contribution >= 0.6 is 0 Å². The number of benzene rings is 2. The summed E-state index contributed by atoms with van der Waals surface area (Å²) in [5.41, 5.74) is 4.27. The van der Waals surface area contributed by atoms with E-state index in [0.29, 0.717) is 0 Å². The molecular weight excluding hydrogens is 450 g/mol. The molecule has 0 heterocycles. The summed E-state index contributed by atoms with van der Waals surface area (Å²) >= 11 is 0. The van der Waals surface area contributed by atoms with Crippen LogP contribution in [0.2, 0.25) is 0 Å². The molecular formula is C27H31NO7. The first-order chi connectivity index (χ1) is 16.5. The molecule has 8 heteroatoms. The van der Waals surface area contributed by atoms with Gasteiger partial charge < -0.3 is 24.7 Å². The highest BCUT2D eigenvalue weighted by atomic mass is 16.7. The lowest BCUT2D eigenvalue weighted by atomic mass is 9.93. The van der Waals surface area contributed by atoms with Crippen molar-refractivity contribution in [1.29, 1.82) is 0 Å². The van der Waals surface area contributed by atoms with Crippen molar-refractivity contribution in [1.82, 2.24) is 5.32 Å². The van der Waals surface area contributed by atoms with Gasteiger partial charge in [0.1, 0.15) is 12.9 Å². The molecule has 0 aliphatic heterocycles. The minimum atomic E-state index is -1.85. The van der Waals surface area contributed by atoms with Crippen LogP contribution in [0, 0.1) is 11.8 Å². The summed E-state index contributed by atoms with van der Waals surface area (Å²) in [6, 6.07) is 14.7. The van der Waals surface area contributed by atoms with E-state index in [2.05, 4.69) is 5.32 Å². The van der Waals surface area contributed by atoms with Crippen LogP contribution in [0.3, 0.4) is 0 Å². The van der Waals surface area contributed by atoms with Crippen LogP contribution in [0.25, 0.3) is 11.1 Å². The molecule has 2 aromatic carbocycles. The number of rotatable bonds is 10. The number of fused-ring (bicyclic) bond motifs is 3. The number of aliphatic hydroxyl groups is 1. The summed E-state index contributed by atoms with van der Waals surface area (Å²) in [6.07, 6.45) is -0.488. The number of hydrogen-bond acceptors (Lipinski definition) is 7. The highest BCUT2D eigenvalue weighted by Crippen LogP contribution is 2.44. The zero-order valence-corrected chi connectivity index (χ0v) is 20.3. The van der Waals surface area contributed by atoms with Crippen molar-refractivity contribution < 1.29 is 33.8 Å². The number of hydrogen-bond donors (Lipinski definition) is 2. The maximum atomic E-state index is 13.0. The normalized spacial score (nSPS) is 14.5. The summed E-state index contributed by atoms with van der Waals surface area (Å²) in [5, 5.41) is 12.2. The molecule has 0 saturated carbocycles. The van der Waals surface area contributed by atoms with Crippen molar-refractivity contribution >= 4 is 24.1 Å². The Balaban J connectivity index is 1.71. The number of aldehydes is 1. The molecule has 1 aliphatic rings. The van der Waals surface area contributed by atoms with Gasteiger partial charge in [0.25, 0.3) is 0 Å². The predicted molar refractivity (Wildman–Crippen MR) is 128 cm³/mol. The molecule has 1 aliphatic carbocycles. The van der Waals surface area contributed by atoms with Crippen molar-refractivity contribution in [2.24, 2.45) is 11.8 Å². The van der Waals surface area contributed by atoms with Gasteiger partial charge in [-0.1, -0.05) is 62.4 Å². The first-order valence-electron chi connectivity index (χ1n) is 11.6. The smallest absolute Gasteiger partial charge is 0.407 e. The Bertz CT molecular complexity index is 1060. The van der Waals surface area contributed by atoms with E-state index in [1.54, 1.807) is 0 Å². The van der Waals surface area contributed by atoms with Crippen molar-refractivity contribution in [3.05, 3.63) is 59.7 Å². The van der Waals surface area contributed by atoms with Crippen molar-refractivity contribution in [2.45, 2.75) is 51.9 Å². The monoisotopic (exact) mass is 481 g/mol. The number of ketones is 1. The van der Waals surface area contributed by atoms with Gasteiger partial charge in [0.05, 0.1) is 6.04 Å². The van der Waals surface area contributed by atoms with Crippen LogP contribution in [-0.2, 0) is 23.9 Å². The van der Waals surface area contributed by atoms with E-state index in [0.717, 1.165) is 22.3 Å². The van der Waals surface area contributed by atoms with Gasteiger partial charge in [-0.25, -0.2) is 4.79 Å². The first kappa shape index (κ1) is 26.1. The fourth-order valence-corrected chi connectivity index (χ4v) is 4.27. The van der Waals surface area contributed by atoms with E-state index in [-0.39, 0.29) is 31.1 Å². The SMILES string of the molecule is CC(C)C[C@H](NC(=O)OCC1c2ccccc2-c2ccccc21)C(=O)C(C=O)C(=O)OC(C)(C)O. The zero-order chi connectivity index (χ0) is 25.8. The van der Waals surface area contributed by atoms with Crippen LogP contribution < -0.4 is 5.32 Å². The van der Waals surface area contributed by atoms with Gasteiger partial charge in [-0.05, 0) is 34.6 Å². The van der Waals surface area contributed by atoms with Crippen molar-refractivity contribution in [3.8, 4) is 11.1 Å². The zero-order valence-electron chi connectivity index (χ0n) is 20.3. The van der Waals surface area contributed by atoms with Crippen molar-refractivity contribution in [3.63, 3.8) is 0 Å². The minimum absolute atomic E-state index is 0.0320. The lowest BCUT2D eigenvalue weighted by Gasteiger charge is -2.24. The van der Waals surface area contributed by atoms with Gasteiger partial charge in [-0.15, -0.1) is 0 Å². The maximum Gasteiger partial charge on any atom is 0.407 e. The molecule has 35 heavy (non-hydrogen) atoms. The molecule has 0 fully saturated rings. The molecule has 2 N–H and O–H groups in total. The molecule has 8 nitrogen and oxygen atoms in total. The molecule has 0 radical (unpaired) electrons. The lowest BCUT2D eigenvalue weighted by molar-refractivity contribution is -0.198. The van der Waals surface area contributed by atoms with Gasteiger partial charge in [0.2, 0.25) is 5.79 Å². The summed E-state index contributed by atoms with van der Waals surface area (Å²) < 4.78 is 10.3. The highest BCUT2D eigenvalue weighted by molar-refractivity contribution is 6.13. The Labute approximate surface area is 204 Å². The van der Waals surface area contributed by atoms with Gasteiger partial charge in [-0.3, -0.25) is 9.59 Å². The lowest BCUT2D eigenvalue weighted by Crippen LogP contribution is -2.48. The number of Topliss-reactive ketones (excluding diaryl/α,β-unsaturated/α-hetero) is 1. The molecule has 2 atom stereocenters. The summed E-state index contributed by atoms with van der Waals surface area (Å²) in [7, 11) is 0. The third-order valence-electron chi connectivity index (χ3n) is 5.73. The fourth-order valence-electron chi connectivity index (χ4n) is 4.27. The van der Waals surface area contributed by atoms with E-state index in [9.17, 15) is 24.3 Å². The summed E-state index contributed by atoms with van der Waals surface area (Å²) in [4.78, 5) is 49.5. The number of ether oxygens (including phenoxy) is 2. The van der Waals surface area contributed by atoms with Crippen LogP contribution in [0.15, 0.2) is 48.5 Å². The van der Waals surface area contributed by atoms with Crippen LogP contribution in [0.4, 0.5) is 4.79 Å². The third-order valence-corrected chi connectivity index (χ3v) is 5.73. The van der Waals surface area contributed by atoms with E-state index in [4.69, 9.17) is 9.47 Å². The Morgan fingerprint density at radius 1 is 1.03 bits per heavy atom. The molecule has 1 amide bonds. The molecule has 3 rings (SSSR count). The molecule has 0 spiro atoms. The average Bonchev–Trinajstić information content (AvgIpc) is 3.10. The Hall–Kier alpha value is -3.52. The van der Waals surface area contributed by atoms with Crippen LogP contribution in [0.5, 0.6) is 0 Å². The maximum absolute atomic E-state index is 13.0. The van der Waals surface area contributed by atoms with E-state index < -0.39 is 35.6 Å². The number of esters is 1. The second-order valence-electron chi connectivity index (χ2n) is 9.54. The molecule has 0 saturated heterocycles. The second kappa shape index (κ2) is 10.8. The second-order valence-corrected chi connectivity index (χ2v) is 9.54. The summed E-state index contributed by atoms with van der Waals surface area (Å²) in [5.74, 6) is -5.82. The third kappa shape index (κ3) is 6.33. The number of carbonyl (C=O) groups is 4. The molecule has 2 aromatic rings. The molecule has 1 unspecified atom stereocenters. The Morgan fingerprint density at radius 3 is 2.06 bits per heavy atom. The predicted octanol–water partition coefficient (Wildman–Crippen LogP) is 3.60.